The highest BCUT2D eigenvalue weighted by molar-refractivity contribution is 6.43. The van der Waals surface area contributed by atoms with Gasteiger partial charge in [0.15, 0.2) is 5.82 Å². The number of para-hydroxylation sites is 1. The second-order valence-corrected chi connectivity index (χ2v) is 8.20. The first-order valence-electron chi connectivity index (χ1n) is 9.59. The fourth-order valence-corrected chi connectivity index (χ4v) is 4.18. The van der Waals surface area contributed by atoms with Gasteiger partial charge in [-0.3, -0.25) is 14.1 Å². The standard InChI is InChI=1S/C24H21Cl2N3O/c1-14-11-12-28-20(13-14)27-22(18-9-6-10-19(25)21(18)26)24(28)29(17(4)30)23-15(2)7-5-8-16(23)3/h5-13H,1-4H3. The predicted octanol–water partition coefficient (Wildman–Crippen LogP) is 6.92. The van der Waals surface area contributed by atoms with Gasteiger partial charge >= 0.3 is 0 Å². The fraction of sp³-hybridized carbons (Fsp3) is 0.167. The summed E-state index contributed by atoms with van der Waals surface area (Å²) < 4.78 is 1.92. The minimum atomic E-state index is -0.117. The summed E-state index contributed by atoms with van der Waals surface area (Å²) in [6.45, 7) is 7.56. The molecule has 152 valence electrons. The molecule has 0 N–H and O–H groups in total. The highest BCUT2D eigenvalue weighted by Crippen LogP contribution is 2.42. The third-order valence-corrected chi connectivity index (χ3v) is 5.97. The number of anilines is 2. The molecule has 2 aromatic carbocycles. The lowest BCUT2D eigenvalue weighted by molar-refractivity contribution is -0.115. The van der Waals surface area contributed by atoms with Gasteiger partial charge in [0.1, 0.15) is 11.3 Å². The van der Waals surface area contributed by atoms with Crippen LogP contribution in [0.2, 0.25) is 10.0 Å². The summed E-state index contributed by atoms with van der Waals surface area (Å²) in [6.07, 6.45) is 1.93. The number of aryl methyl sites for hydroxylation is 3. The zero-order valence-corrected chi connectivity index (χ0v) is 18.7. The van der Waals surface area contributed by atoms with E-state index in [1.807, 2.05) is 73.8 Å². The molecule has 4 aromatic rings. The lowest BCUT2D eigenvalue weighted by atomic mass is 10.1. The number of hydrogen-bond donors (Lipinski definition) is 0. The van der Waals surface area contributed by atoms with Crippen LogP contribution >= 0.6 is 23.2 Å². The van der Waals surface area contributed by atoms with Crippen molar-refractivity contribution < 1.29 is 4.79 Å². The van der Waals surface area contributed by atoms with E-state index in [9.17, 15) is 4.79 Å². The molecule has 2 aromatic heterocycles. The summed E-state index contributed by atoms with van der Waals surface area (Å²) in [5.74, 6) is 0.522. The van der Waals surface area contributed by atoms with Crippen LogP contribution in [0.15, 0.2) is 54.7 Å². The first kappa shape index (κ1) is 20.5. The Morgan fingerprint density at radius 2 is 1.67 bits per heavy atom. The van der Waals surface area contributed by atoms with E-state index in [1.165, 1.54) is 0 Å². The molecule has 6 heteroatoms. The van der Waals surface area contributed by atoms with Gasteiger partial charge in [-0.05, 0) is 55.7 Å². The minimum Gasteiger partial charge on any atom is -0.285 e. The van der Waals surface area contributed by atoms with Crippen molar-refractivity contribution in [3.63, 3.8) is 0 Å². The quantitative estimate of drug-likeness (QED) is 0.348. The van der Waals surface area contributed by atoms with Crippen molar-refractivity contribution >= 4 is 46.3 Å². The summed E-state index contributed by atoms with van der Waals surface area (Å²) in [4.78, 5) is 19.6. The van der Waals surface area contributed by atoms with Crippen LogP contribution in [0.4, 0.5) is 11.5 Å². The average molecular weight is 438 g/mol. The monoisotopic (exact) mass is 437 g/mol. The number of hydrogen-bond acceptors (Lipinski definition) is 2. The van der Waals surface area contributed by atoms with Gasteiger partial charge in [0.2, 0.25) is 5.91 Å². The molecule has 0 saturated carbocycles. The normalized spacial score (nSPS) is 11.1. The maximum absolute atomic E-state index is 13.0. The van der Waals surface area contributed by atoms with E-state index in [-0.39, 0.29) is 5.91 Å². The van der Waals surface area contributed by atoms with Crippen molar-refractivity contribution in [1.82, 2.24) is 9.38 Å². The van der Waals surface area contributed by atoms with E-state index >= 15 is 0 Å². The molecule has 0 radical (unpaired) electrons. The molecule has 30 heavy (non-hydrogen) atoms. The molecule has 1 amide bonds. The molecule has 0 spiro atoms. The van der Waals surface area contributed by atoms with Crippen molar-refractivity contribution in [2.45, 2.75) is 27.7 Å². The zero-order chi connectivity index (χ0) is 21.6. The summed E-state index contributed by atoms with van der Waals surface area (Å²) >= 11 is 12.9. The number of amides is 1. The second kappa shape index (κ2) is 7.78. The van der Waals surface area contributed by atoms with Crippen molar-refractivity contribution in [2.24, 2.45) is 0 Å². The molecule has 4 nitrogen and oxygen atoms in total. The number of benzene rings is 2. The lowest BCUT2D eigenvalue weighted by Crippen LogP contribution is -2.26. The summed E-state index contributed by atoms with van der Waals surface area (Å²) in [6, 6.07) is 15.4. The zero-order valence-electron chi connectivity index (χ0n) is 17.2. The maximum Gasteiger partial charge on any atom is 0.229 e. The maximum atomic E-state index is 13.0. The van der Waals surface area contributed by atoms with Crippen molar-refractivity contribution in [2.75, 3.05) is 4.90 Å². The number of imidazole rings is 1. The lowest BCUT2D eigenvalue weighted by Gasteiger charge is -2.26. The van der Waals surface area contributed by atoms with Gasteiger partial charge in [0, 0.05) is 18.7 Å². The van der Waals surface area contributed by atoms with Crippen LogP contribution in [0.25, 0.3) is 16.9 Å². The van der Waals surface area contributed by atoms with Crippen molar-refractivity contribution in [1.29, 1.82) is 0 Å². The van der Waals surface area contributed by atoms with Gasteiger partial charge in [-0.1, -0.05) is 53.5 Å². The summed E-state index contributed by atoms with van der Waals surface area (Å²) in [5.41, 5.74) is 5.92. The van der Waals surface area contributed by atoms with Crippen LogP contribution in [-0.4, -0.2) is 15.3 Å². The molecule has 0 unspecified atom stereocenters. The predicted molar refractivity (Wildman–Crippen MR) is 124 cm³/mol. The van der Waals surface area contributed by atoms with Crippen LogP contribution in [0.3, 0.4) is 0 Å². The van der Waals surface area contributed by atoms with Gasteiger partial charge in [-0.15, -0.1) is 0 Å². The second-order valence-electron chi connectivity index (χ2n) is 7.41. The Labute approximate surface area is 185 Å². The number of pyridine rings is 1. The molecule has 0 aliphatic heterocycles. The summed E-state index contributed by atoms with van der Waals surface area (Å²) in [7, 11) is 0. The number of halogens is 2. The first-order chi connectivity index (χ1) is 14.3. The highest BCUT2D eigenvalue weighted by atomic mass is 35.5. The Morgan fingerprint density at radius 1 is 1.00 bits per heavy atom. The van der Waals surface area contributed by atoms with Crippen LogP contribution in [0.1, 0.15) is 23.6 Å². The van der Waals surface area contributed by atoms with Gasteiger partial charge in [-0.2, -0.15) is 0 Å². The van der Waals surface area contributed by atoms with Crippen LogP contribution < -0.4 is 4.90 Å². The van der Waals surface area contributed by atoms with Crippen molar-refractivity contribution in [3.8, 4) is 11.3 Å². The number of fused-ring (bicyclic) bond motifs is 1. The number of carbonyl (C=O) groups excluding carboxylic acids is 1. The van der Waals surface area contributed by atoms with Crippen LogP contribution in [0.5, 0.6) is 0 Å². The first-order valence-corrected chi connectivity index (χ1v) is 10.3. The third kappa shape index (κ3) is 3.36. The smallest absolute Gasteiger partial charge is 0.229 e. The number of rotatable bonds is 3. The van der Waals surface area contributed by atoms with E-state index in [2.05, 4.69) is 0 Å². The van der Waals surface area contributed by atoms with E-state index < -0.39 is 0 Å². The highest BCUT2D eigenvalue weighted by Gasteiger charge is 2.27. The molecule has 4 rings (SSSR count). The Morgan fingerprint density at radius 3 is 2.33 bits per heavy atom. The Balaban J connectivity index is 2.13. The van der Waals surface area contributed by atoms with E-state index in [4.69, 9.17) is 28.2 Å². The van der Waals surface area contributed by atoms with E-state index in [1.54, 1.807) is 17.9 Å². The molecular formula is C24H21Cl2N3O. The third-order valence-electron chi connectivity index (χ3n) is 5.15. The molecule has 0 saturated heterocycles. The average Bonchev–Trinajstić information content (AvgIpc) is 3.04. The van der Waals surface area contributed by atoms with E-state index in [0.717, 1.165) is 28.0 Å². The topological polar surface area (TPSA) is 37.6 Å². The molecule has 2 heterocycles. The Hall–Kier alpha value is -2.82. The summed E-state index contributed by atoms with van der Waals surface area (Å²) in [5, 5.41) is 0.848. The Kier molecular flexibility index (Phi) is 5.31. The number of carbonyl (C=O) groups is 1. The van der Waals surface area contributed by atoms with Crippen LogP contribution in [0, 0.1) is 20.8 Å². The molecule has 0 aliphatic carbocycles. The molecule has 0 fully saturated rings. The van der Waals surface area contributed by atoms with Gasteiger partial charge in [0.05, 0.1) is 15.7 Å². The fourth-order valence-electron chi connectivity index (χ4n) is 3.79. The molecule has 0 atom stereocenters. The van der Waals surface area contributed by atoms with Crippen LogP contribution in [-0.2, 0) is 4.79 Å². The number of nitrogens with zero attached hydrogens (tertiary/aromatic N) is 3. The minimum absolute atomic E-state index is 0.117. The van der Waals surface area contributed by atoms with E-state index in [0.29, 0.717) is 27.1 Å². The van der Waals surface area contributed by atoms with Gasteiger partial charge in [-0.25, -0.2) is 4.98 Å². The van der Waals surface area contributed by atoms with Gasteiger partial charge < -0.3 is 0 Å². The van der Waals surface area contributed by atoms with Gasteiger partial charge in [0.25, 0.3) is 0 Å². The molecular weight excluding hydrogens is 417 g/mol. The molecule has 0 bridgehead atoms. The largest absolute Gasteiger partial charge is 0.285 e. The molecule has 0 aliphatic rings. The Bertz CT molecular complexity index is 1270. The SMILES string of the molecule is CC(=O)N(c1c(C)cccc1C)c1c(-c2cccc(Cl)c2Cl)nc2cc(C)ccn12. The van der Waals surface area contributed by atoms with Crippen molar-refractivity contribution in [3.05, 3.63) is 81.5 Å². The number of aromatic nitrogens is 2.